The van der Waals surface area contributed by atoms with Crippen molar-refractivity contribution in [1.82, 2.24) is 4.98 Å². The van der Waals surface area contributed by atoms with Gasteiger partial charge in [-0.3, -0.25) is 19.9 Å². The van der Waals surface area contributed by atoms with Crippen molar-refractivity contribution in [2.24, 2.45) is 0 Å². The van der Waals surface area contributed by atoms with Crippen LogP contribution in [0.15, 0.2) is 54.7 Å². The summed E-state index contributed by atoms with van der Waals surface area (Å²) in [6.45, 7) is 0. The molecule has 1 aromatic heterocycles. The molecule has 6 nitrogen and oxygen atoms in total. The van der Waals surface area contributed by atoms with E-state index >= 15 is 0 Å². The molecule has 3 aromatic rings. The summed E-state index contributed by atoms with van der Waals surface area (Å²) in [5.41, 5.74) is 1.34. The monoisotopic (exact) mass is 327 g/mol. The first-order valence-corrected chi connectivity index (χ1v) is 7.03. The number of benzene rings is 2. The van der Waals surface area contributed by atoms with Crippen molar-refractivity contribution >= 4 is 39.8 Å². The average Bonchev–Trinajstić information content (AvgIpc) is 2.55. The second-order valence-electron chi connectivity index (χ2n) is 4.75. The summed E-state index contributed by atoms with van der Waals surface area (Å²) in [4.78, 5) is 26.7. The molecule has 2 aromatic carbocycles. The van der Waals surface area contributed by atoms with E-state index in [1.165, 1.54) is 12.1 Å². The van der Waals surface area contributed by atoms with Gasteiger partial charge in [0.1, 0.15) is 0 Å². The zero-order valence-electron chi connectivity index (χ0n) is 11.7. The number of nitro groups is 1. The molecule has 0 atom stereocenters. The van der Waals surface area contributed by atoms with Crippen LogP contribution in [0.3, 0.4) is 0 Å². The molecule has 3 rings (SSSR count). The van der Waals surface area contributed by atoms with Gasteiger partial charge in [-0.2, -0.15) is 0 Å². The highest BCUT2D eigenvalue weighted by atomic mass is 35.5. The second kappa shape index (κ2) is 6.02. The molecular formula is C16H10ClN3O3. The Bertz CT molecular complexity index is 922. The quantitative estimate of drug-likeness (QED) is 0.581. The molecule has 0 unspecified atom stereocenters. The van der Waals surface area contributed by atoms with Crippen LogP contribution in [-0.4, -0.2) is 15.8 Å². The Labute approximate surface area is 135 Å². The second-order valence-corrected chi connectivity index (χ2v) is 5.16. The van der Waals surface area contributed by atoms with E-state index < -0.39 is 10.8 Å². The van der Waals surface area contributed by atoms with Crippen LogP contribution >= 0.6 is 11.6 Å². The zero-order valence-corrected chi connectivity index (χ0v) is 12.4. The third kappa shape index (κ3) is 2.97. The van der Waals surface area contributed by atoms with Crippen molar-refractivity contribution in [1.29, 1.82) is 0 Å². The maximum Gasteiger partial charge on any atom is 0.270 e. The first kappa shape index (κ1) is 14.9. The Hall–Kier alpha value is -2.99. The molecule has 1 heterocycles. The lowest BCUT2D eigenvalue weighted by Gasteiger charge is -2.09. The van der Waals surface area contributed by atoms with Gasteiger partial charge in [-0.15, -0.1) is 0 Å². The number of carbonyl (C=O) groups is 1. The van der Waals surface area contributed by atoms with Crippen molar-refractivity contribution in [2.75, 3.05) is 5.32 Å². The fourth-order valence-electron chi connectivity index (χ4n) is 2.20. The first-order valence-electron chi connectivity index (χ1n) is 6.65. The first-order chi connectivity index (χ1) is 11.1. The molecule has 0 bridgehead atoms. The minimum atomic E-state index is -0.566. The standard InChI is InChI=1S/C16H10ClN3O3/c17-13-9-10(20(22)23)6-7-11(13)16(21)19-15-5-1-4-14-12(15)3-2-8-18-14/h1-9H,(H,19,21). The van der Waals surface area contributed by atoms with Crippen LogP contribution < -0.4 is 5.32 Å². The number of non-ortho nitro benzene ring substituents is 1. The molecule has 0 aliphatic carbocycles. The van der Waals surface area contributed by atoms with Crippen molar-refractivity contribution in [2.45, 2.75) is 0 Å². The van der Waals surface area contributed by atoms with Crippen LogP contribution in [0.2, 0.25) is 5.02 Å². The van der Waals surface area contributed by atoms with E-state index in [0.29, 0.717) is 5.69 Å². The van der Waals surface area contributed by atoms with Crippen LogP contribution in [-0.2, 0) is 0 Å². The molecule has 1 N–H and O–H groups in total. The molecule has 0 spiro atoms. The van der Waals surface area contributed by atoms with Crippen LogP contribution in [0.4, 0.5) is 11.4 Å². The van der Waals surface area contributed by atoms with E-state index in [-0.39, 0.29) is 16.3 Å². The summed E-state index contributed by atoms with van der Waals surface area (Å²) >= 11 is 5.98. The Balaban J connectivity index is 1.94. The van der Waals surface area contributed by atoms with E-state index in [0.717, 1.165) is 17.0 Å². The normalized spacial score (nSPS) is 10.5. The highest BCUT2D eigenvalue weighted by Crippen LogP contribution is 2.25. The summed E-state index contributed by atoms with van der Waals surface area (Å²) in [5.74, 6) is -0.443. The molecule has 0 radical (unpaired) electrons. The summed E-state index contributed by atoms with van der Waals surface area (Å²) in [7, 11) is 0. The minimum absolute atomic E-state index is 0.0232. The third-order valence-electron chi connectivity index (χ3n) is 3.30. The number of carbonyl (C=O) groups excluding carboxylic acids is 1. The van der Waals surface area contributed by atoms with Crippen molar-refractivity contribution in [3.05, 3.63) is 75.4 Å². The fourth-order valence-corrected chi connectivity index (χ4v) is 2.46. The van der Waals surface area contributed by atoms with E-state index in [2.05, 4.69) is 10.3 Å². The van der Waals surface area contributed by atoms with Crippen LogP contribution in [0, 0.1) is 10.1 Å². The number of nitro benzene ring substituents is 1. The molecule has 1 amide bonds. The number of amides is 1. The van der Waals surface area contributed by atoms with Gasteiger partial charge >= 0.3 is 0 Å². The Kier molecular flexibility index (Phi) is 3.91. The van der Waals surface area contributed by atoms with E-state index in [1.807, 2.05) is 12.1 Å². The van der Waals surface area contributed by atoms with Gasteiger partial charge in [-0.25, -0.2) is 0 Å². The smallest absolute Gasteiger partial charge is 0.270 e. The van der Waals surface area contributed by atoms with Crippen molar-refractivity contribution in [3.8, 4) is 0 Å². The van der Waals surface area contributed by atoms with Gasteiger partial charge < -0.3 is 5.32 Å². The average molecular weight is 328 g/mol. The lowest BCUT2D eigenvalue weighted by Crippen LogP contribution is -2.13. The van der Waals surface area contributed by atoms with Gasteiger partial charge in [-0.05, 0) is 30.3 Å². The molecular weight excluding hydrogens is 318 g/mol. The summed E-state index contributed by atoms with van der Waals surface area (Å²) in [5, 5.41) is 14.3. The van der Waals surface area contributed by atoms with Gasteiger partial charge in [0.15, 0.2) is 0 Å². The number of pyridine rings is 1. The van der Waals surface area contributed by atoms with Crippen molar-refractivity contribution < 1.29 is 9.72 Å². The van der Waals surface area contributed by atoms with Gasteiger partial charge in [0, 0.05) is 23.7 Å². The summed E-state index contributed by atoms with van der Waals surface area (Å²) < 4.78 is 0. The Morgan fingerprint density at radius 3 is 2.74 bits per heavy atom. The molecule has 0 aliphatic rings. The Morgan fingerprint density at radius 2 is 2.00 bits per heavy atom. The number of anilines is 1. The SMILES string of the molecule is O=C(Nc1cccc2ncccc12)c1ccc([N+](=O)[O-])cc1Cl. The maximum absolute atomic E-state index is 12.4. The predicted octanol–water partition coefficient (Wildman–Crippen LogP) is 4.05. The summed E-state index contributed by atoms with van der Waals surface area (Å²) in [6, 6.07) is 12.7. The molecule has 0 fully saturated rings. The van der Waals surface area contributed by atoms with E-state index in [1.54, 1.807) is 24.4 Å². The molecule has 7 heteroatoms. The number of rotatable bonds is 3. The zero-order chi connectivity index (χ0) is 16.4. The van der Waals surface area contributed by atoms with Gasteiger partial charge in [-0.1, -0.05) is 17.7 Å². The summed E-state index contributed by atoms with van der Waals surface area (Å²) in [6.07, 6.45) is 1.67. The minimum Gasteiger partial charge on any atom is -0.321 e. The lowest BCUT2D eigenvalue weighted by molar-refractivity contribution is -0.384. The van der Waals surface area contributed by atoms with Gasteiger partial charge in [0.25, 0.3) is 11.6 Å². The number of nitrogens with zero attached hydrogens (tertiary/aromatic N) is 2. The largest absolute Gasteiger partial charge is 0.321 e. The predicted molar refractivity (Wildman–Crippen MR) is 87.8 cm³/mol. The molecule has 0 aliphatic heterocycles. The Morgan fingerprint density at radius 1 is 1.17 bits per heavy atom. The number of nitrogens with one attached hydrogen (secondary N) is 1. The molecule has 0 saturated carbocycles. The maximum atomic E-state index is 12.4. The van der Waals surface area contributed by atoms with E-state index in [4.69, 9.17) is 11.6 Å². The number of fused-ring (bicyclic) bond motifs is 1. The van der Waals surface area contributed by atoms with Gasteiger partial charge in [0.2, 0.25) is 0 Å². The third-order valence-corrected chi connectivity index (χ3v) is 3.61. The topological polar surface area (TPSA) is 85.1 Å². The number of hydrogen-bond donors (Lipinski definition) is 1. The van der Waals surface area contributed by atoms with Crippen molar-refractivity contribution in [3.63, 3.8) is 0 Å². The van der Waals surface area contributed by atoms with Crippen LogP contribution in [0.5, 0.6) is 0 Å². The van der Waals surface area contributed by atoms with E-state index in [9.17, 15) is 14.9 Å². The van der Waals surface area contributed by atoms with Crippen LogP contribution in [0.25, 0.3) is 10.9 Å². The molecule has 0 saturated heterocycles. The lowest BCUT2D eigenvalue weighted by atomic mass is 10.1. The highest BCUT2D eigenvalue weighted by molar-refractivity contribution is 6.34. The number of aromatic nitrogens is 1. The molecule has 23 heavy (non-hydrogen) atoms. The molecule has 114 valence electrons. The fraction of sp³-hybridized carbons (Fsp3) is 0. The number of halogens is 1. The van der Waals surface area contributed by atoms with Gasteiger partial charge in [0.05, 0.1) is 26.7 Å². The highest BCUT2D eigenvalue weighted by Gasteiger charge is 2.15. The number of hydrogen-bond acceptors (Lipinski definition) is 4. The van der Waals surface area contributed by atoms with Crippen LogP contribution in [0.1, 0.15) is 10.4 Å².